The summed E-state index contributed by atoms with van der Waals surface area (Å²) in [6, 6.07) is 7.15. The van der Waals surface area contributed by atoms with E-state index in [1.807, 2.05) is 0 Å². The third kappa shape index (κ3) is 3.82. The second-order valence-electron chi connectivity index (χ2n) is 6.89. The molecule has 1 heteroatoms. The monoisotopic (exact) mass is 259 g/mol. The van der Waals surface area contributed by atoms with E-state index in [0.717, 1.165) is 18.3 Å². The average Bonchev–Trinajstić information content (AvgIpc) is 2.31. The van der Waals surface area contributed by atoms with E-state index >= 15 is 0 Å². The Morgan fingerprint density at radius 1 is 1.05 bits per heavy atom. The van der Waals surface area contributed by atoms with Gasteiger partial charge in [0.25, 0.3) is 0 Å². The summed E-state index contributed by atoms with van der Waals surface area (Å²) in [7, 11) is 0. The first kappa shape index (κ1) is 14.6. The van der Waals surface area contributed by atoms with Crippen LogP contribution in [0.15, 0.2) is 18.2 Å². The molecule has 106 valence electrons. The van der Waals surface area contributed by atoms with Crippen LogP contribution in [0, 0.1) is 31.6 Å². The maximum Gasteiger partial charge on any atom is 0.0108 e. The van der Waals surface area contributed by atoms with Crippen molar-refractivity contribution in [2.75, 3.05) is 0 Å². The topological polar surface area (TPSA) is 26.0 Å². The van der Waals surface area contributed by atoms with Gasteiger partial charge >= 0.3 is 0 Å². The van der Waals surface area contributed by atoms with E-state index in [-0.39, 0.29) is 0 Å². The van der Waals surface area contributed by atoms with Gasteiger partial charge in [0.2, 0.25) is 0 Å². The van der Waals surface area contributed by atoms with Crippen molar-refractivity contribution in [3.05, 3.63) is 34.9 Å². The number of nitrogens with two attached hydrogens (primary N) is 1. The van der Waals surface area contributed by atoms with E-state index in [1.165, 1.54) is 36.0 Å². The molecule has 0 heterocycles. The highest BCUT2D eigenvalue weighted by Crippen LogP contribution is 2.35. The van der Waals surface area contributed by atoms with E-state index in [2.05, 4.69) is 45.9 Å². The second-order valence-corrected chi connectivity index (χ2v) is 6.89. The Kier molecular flexibility index (Phi) is 4.67. The van der Waals surface area contributed by atoms with E-state index in [9.17, 15) is 0 Å². The van der Waals surface area contributed by atoms with Crippen LogP contribution in [-0.4, -0.2) is 6.04 Å². The Morgan fingerprint density at radius 2 is 1.68 bits per heavy atom. The van der Waals surface area contributed by atoms with Crippen molar-refractivity contribution in [1.29, 1.82) is 0 Å². The number of benzene rings is 1. The molecule has 1 nitrogen and oxygen atoms in total. The Hall–Kier alpha value is -0.820. The Balaban J connectivity index is 1.98. The zero-order valence-corrected chi connectivity index (χ0v) is 12.9. The molecule has 1 aliphatic carbocycles. The van der Waals surface area contributed by atoms with Crippen molar-refractivity contribution < 1.29 is 0 Å². The molecule has 0 radical (unpaired) electrons. The molecule has 0 amide bonds. The van der Waals surface area contributed by atoms with Gasteiger partial charge in [-0.3, -0.25) is 0 Å². The van der Waals surface area contributed by atoms with Gasteiger partial charge in [-0.2, -0.15) is 0 Å². The average molecular weight is 259 g/mol. The molecule has 4 unspecified atom stereocenters. The number of aryl methyl sites for hydroxylation is 2. The van der Waals surface area contributed by atoms with Crippen molar-refractivity contribution in [2.24, 2.45) is 23.5 Å². The quantitative estimate of drug-likeness (QED) is 0.863. The Bertz CT molecular complexity index is 403. The minimum atomic E-state index is 0.330. The van der Waals surface area contributed by atoms with Gasteiger partial charge in [-0.15, -0.1) is 0 Å². The highest BCUT2D eigenvalue weighted by atomic mass is 14.7. The normalized spacial score (nSPS) is 29.2. The molecule has 0 aliphatic heterocycles. The molecule has 1 aromatic carbocycles. The summed E-state index contributed by atoms with van der Waals surface area (Å²) in [6.07, 6.45) is 5.02. The van der Waals surface area contributed by atoms with Crippen LogP contribution in [0.3, 0.4) is 0 Å². The zero-order chi connectivity index (χ0) is 14.0. The van der Waals surface area contributed by atoms with Gasteiger partial charge in [0.15, 0.2) is 0 Å². The molecule has 1 aromatic rings. The largest absolute Gasteiger partial charge is 0.327 e. The molecule has 19 heavy (non-hydrogen) atoms. The second kappa shape index (κ2) is 6.09. The van der Waals surface area contributed by atoms with Crippen molar-refractivity contribution in [2.45, 2.75) is 59.4 Å². The highest BCUT2D eigenvalue weighted by molar-refractivity contribution is 5.29. The lowest BCUT2D eigenvalue weighted by atomic mass is 9.72. The maximum absolute atomic E-state index is 6.49. The standard InChI is InChI=1S/C18H29N/c1-12-7-13(2)9-16(8-12)11-18(19)17-6-5-14(3)15(4)10-17/h7-9,14-15,17-18H,5-6,10-11,19H2,1-4H3. The van der Waals surface area contributed by atoms with Crippen LogP contribution in [0.5, 0.6) is 0 Å². The summed E-state index contributed by atoms with van der Waals surface area (Å²) >= 11 is 0. The minimum absolute atomic E-state index is 0.330. The predicted octanol–water partition coefficient (Wildman–Crippen LogP) is 4.25. The molecule has 1 saturated carbocycles. The van der Waals surface area contributed by atoms with Crippen molar-refractivity contribution in [3.8, 4) is 0 Å². The third-order valence-electron chi connectivity index (χ3n) is 5.00. The van der Waals surface area contributed by atoms with Crippen molar-refractivity contribution >= 4 is 0 Å². The minimum Gasteiger partial charge on any atom is -0.327 e. The summed E-state index contributed by atoms with van der Waals surface area (Å²) in [5, 5.41) is 0. The molecule has 0 aromatic heterocycles. The number of hydrogen-bond donors (Lipinski definition) is 1. The molecule has 1 fully saturated rings. The van der Waals surface area contributed by atoms with Gasteiger partial charge in [0, 0.05) is 6.04 Å². The summed E-state index contributed by atoms with van der Waals surface area (Å²) < 4.78 is 0. The molecule has 0 bridgehead atoms. The number of rotatable bonds is 3. The molecular formula is C18H29N. The van der Waals surface area contributed by atoms with E-state index in [4.69, 9.17) is 5.73 Å². The van der Waals surface area contributed by atoms with Crippen molar-refractivity contribution in [3.63, 3.8) is 0 Å². The fourth-order valence-electron chi connectivity index (χ4n) is 3.60. The lowest BCUT2D eigenvalue weighted by Crippen LogP contribution is -2.37. The van der Waals surface area contributed by atoms with Crippen LogP contribution in [0.1, 0.15) is 49.8 Å². The van der Waals surface area contributed by atoms with E-state index in [0.29, 0.717) is 12.0 Å². The van der Waals surface area contributed by atoms with Gasteiger partial charge in [-0.1, -0.05) is 49.6 Å². The van der Waals surface area contributed by atoms with Crippen molar-refractivity contribution in [1.82, 2.24) is 0 Å². The molecule has 1 aliphatic rings. The summed E-state index contributed by atoms with van der Waals surface area (Å²) in [4.78, 5) is 0. The molecular weight excluding hydrogens is 230 g/mol. The van der Waals surface area contributed by atoms with Crippen LogP contribution in [0.4, 0.5) is 0 Å². The number of hydrogen-bond acceptors (Lipinski definition) is 1. The van der Waals surface area contributed by atoms with Gasteiger partial charge in [0.05, 0.1) is 0 Å². The fourth-order valence-corrected chi connectivity index (χ4v) is 3.60. The highest BCUT2D eigenvalue weighted by Gasteiger charge is 2.28. The lowest BCUT2D eigenvalue weighted by molar-refractivity contribution is 0.185. The zero-order valence-electron chi connectivity index (χ0n) is 12.9. The SMILES string of the molecule is Cc1cc(C)cc(CC(N)C2CCC(C)C(C)C2)c1. The first-order valence-corrected chi connectivity index (χ1v) is 7.78. The Morgan fingerprint density at radius 3 is 2.26 bits per heavy atom. The van der Waals surface area contributed by atoms with Crippen LogP contribution < -0.4 is 5.73 Å². The first-order chi connectivity index (χ1) is 8.95. The van der Waals surface area contributed by atoms with Crippen LogP contribution in [0.25, 0.3) is 0 Å². The van der Waals surface area contributed by atoms with Gasteiger partial charge in [-0.05, 0) is 56.4 Å². The first-order valence-electron chi connectivity index (χ1n) is 7.78. The maximum atomic E-state index is 6.49. The molecule has 2 N–H and O–H groups in total. The molecule has 4 atom stereocenters. The molecule has 2 rings (SSSR count). The summed E-state index contributed by atoms with van der Waals surface area (Å²) in [6.45, 7) is 9.12. The van der Waals surface area contributed by atoms with Crippen LogP contribution >= 0.6 is 0 Å². The fraction of sp³-hybridized carbons (Fsp3) is 0.667. The molecule has 0 saturated heterocycles. The summed E-state index contributed by atoms with van der Waals surface area (Å²) in [5.41, 5.74) is 10.6. The predicted molar refractivity (Wildman–Crippen MR) is 83.3 cm³/mol. The summed E-state index contributed by atoms with van der Waals surface area (Å²) in [5.74, 6) is 2.43. The van der Waals surface area contributed by atoms with Crippen LogP contribution in [-0.2, 0) is 6.42 Å². The third-order valence-corrected chi connectivity index (χ3v) is 5.00. The lowest BCUT2D eigenvalue weighted by Gasteiger charge is -2.35. The van der Waals surface area contributed by atoms with Gasteiger partial charge in [0.1, 0.15) is 0 Å². The van der Waals surface area contributed by atoms with Gasteiger partial charge in [-0.25, -0.2) is 0 Å². The Labute approximate surface area is 118 Å². The van der Waals surface area contributed by atoms with E-state index < -0.39 is 0 Å². The smallest absolute Gasteiger partial charge is 0.0108 e. The van der Waals surface area contributed by atoms with Crippen LogP contribution in [0.2, 0.25) is 0 Å². The van der Waals surface area contributed by atoms with Gasteiger partial charge < -0.3 is 5.73 Å². The van der Waals surface area contributed by atoms with E-state index in [1.54, 1.807) is 0 Å². The molecule has 0 spiro atoms.